The van der Waals surface area contributed by atoms with Crippen molar-refractivity contribution in [2.24, 2.45) is 0 Å². The normalized spacial score (nSPS) is 10.8. The minimum Gasteiger partial charge on any atom is -0.493 e. The highest BCUT2D eigenvalue weighted by Gasteiger charge is 2.20. The van der Waals surface area contributed by atoms with E-state index in [1.165, 1.54) is 0 Å². The van der Waals surface area contributed by atoms with Gasteiger partial charge in [0, 0.05) is 6.04 Å². The van der Waals surface area contributed by atoms with Gasteiger partial charge in [-0.2, -0.15) is 0 Å². The lowest BCUT2D eigenvalue weighted by molar-refractivity contribution is 0.327. The molecule has 1 N–H and O–H groups in total. The second-order valence-electron chi connectivity index (χ2n) is 4.68. The molecule has 6 nitrogen and oxygen atoms in total. The number of nitrogens with one attached hydrogen (secondary N) is 1. The van der Waals surface area contributed by atoms with Crippen molar-refractivity contribution in [1.82, 2.24) is 9.97 Å². The molecule has 1 aromatic heterocycles. The zero-order chi connectivity index (χ0) is 15.6. The number of benzene rings is 1. The number of hydrogen-bond donors (Lipinski definition) is 1. The molecule has 7 heteroatoms. The van der Waals surface area contributed by atoms with Gasteiger partial charge >= 0.3 is 0 Å². The number of halogens is 1. The summed E-state index contributed by atoms with van der Waals surface area (Å²) in [6.07, 6.45) is 0. The van der Waals surface area contributed by atoms with Gasteiger partial charge in [0.25, 0.3) is 0 Å². The van der Waals surface area contributed by atoms with E-state index in [9.17, 15) is 0 Å². The largest absolute Gasteiger partial charge is 0.493 e. The van der Waals surface area contributed by atoms with Crippen LogP contribution in [0.15, 0.2) is 6.07 Å². The molecule has 21 heavy (non-hydrogen) atoms. The van der Waals surface area contributed by atoms with E-state index in [2.05, 4.69) is 15.3 Å². The van der Waals surface area contributed by atoms with Crippen LogP contribution in [-0.2, 0) is 0 Å². The molecule has 0 aliphatic heterocycles. The molecule has 0 fully saturated rings. The van der Waals surface area contributed by atoms with Gasteiger partial charge in [0.05, 0.1) is 26.7 Å². The lowest BCUT2D eigenvalue weighted by Crippen LogP contribution is -2.12. The van der Waals surface area contributed by atoms with E-state index >= 15 is 0 Å². The number of rotatable bonds is 5. The molecular formula is C14H18ClN3O3. The van der Waals surface area contributed by atoms with Crippen molar-refractivity contribution in [2.75, 3.05) is 26.6 Å². The van der Waals surface area contributed by atoms with E-state index in [0.717, 1.165) is 5.39 Å². The second kappa shape index (κ2) is 6.22. The molecular weight excluding hydrogens is 294 g/mol. The summed E-state index contributed by atoms with van der Waals surface area (Å²) in [5, 5.41) is 4.13. The first-order valence-corrected chi connectivity index (χ1v) is 6.82. The van der Waals surface area contributed by atoms with Gasteiger partial charge in [0.2, 0.25) is 11.0 Å². The number of fused-ring (bicyclic) bond motifs is 1. The van der Waals surface area contributed by atoms with Gasteiger partial charge in [-0.1, -0.05) is 0 Å². The fraction of sp³-hybridized carbons (Fsp3) is 0.429. The summed E-state index contributed by atoms with van der Waals surface area (Å²) in [6, 6.07) is 2.00. The Balaban J connectivity index is 2.83. The maximum absolute atomic E-state index is 6.02. The van der Waals surface area contributed by atoms with Gasteiger partial charge in [0.15, 0.2) is 11.5 Å². The van der Waals surface area contributed by atoms with Crippen LogP contribution in [0, 0.1) is 0 Å². The number of anilines is 1. The number of hydrogen-bond acceptors (Lipinski definition) is 6. The Labute approximate surface area is 128 Å². The Morgan fingerprint density at radius 1 is 1.05 bits per heavy atom. The van der Waals surface area contributed by atoms with E-state index in [1.54, 1.807) is 27.4 Å². The van der Waals surface area contributed by atoms with Gasteiger partial charge in [-0.25, -0.2) is 9.97 Å². The van der Waals surface area contributed by atoms with Crippen LogP contribution in [-0.4, -0.2) is 37.3 Å². The number of aromatic nitrogens is 2. The second-order valence-corrected chi connectivity index (χ2v) is 5.02. The zero-order valence-electron chi connectivity index (χ0n) is 12.7. The summed E-state index contributed by atoms with van der Waals surface area (Å²) < 4.78 is 16.1. The third kappa shape index (κ3) is 2.90. The van der Waals surface area contributed by atoms with E-state index in [-0.39, 0.29) is 11.3 Å². The van der Waals surface area contributed by atoms with Crippen molar-refractivity contribution in [2.45, 2.75) is 19.9 Å². The van der Waals surface area contributed by atoms with E-state index in [0.29, 0.717) is 28.6 Å². The Hall–Kier alpha value is -1.95. The zero-order valence-corrected chi connectivity index (χ0v) is 13.4. The molecule has 0 amide bonds. The lowest BCUT2D eigenvalue weighted by Gasteiger charge is -2.17. The minimum absolute atomic E-state index is 0.135. The smallest absolute Gasteiger partial charge is 0.225 e. The van der Waals surface area contributed by atoms with Crippen LogP contribution in [0.3, 0.4) is 0 Å². The van der Waals surface area contributed by atoms with Crippen LogP contribution in [0.5, 0.6) is 17.2 Å². The summed E-state index contributed by atoms with van der Waals surface area (Å²) in [6.45, 7) is 4.03. The fourth-order valence-corrected chi connectivity index (χ4v) is 2.25. The van der Waals surface area contributed by atoms with Crippen LogP contribution in [0.4, 0.5) is 5.82 Å². The number of methoxy groups -OCH3 is 3. The third-order valence-corrected chi connectivity index (χ3v) is 3.06. The predicted molar refractivity (Wildman–Crippen MR) is 83.0 cm³/mol. The molecule has 0 bridgehead atoms. The molecule has 0 aliphatic carbocycles. The molecule has 114 valence electrons. The first kappa shape index (κ1) is 15.4. The van der Waals surface area contributed by atoms with Crippen LogP contribution in [0.1, 0.15) is 13.8 Å². The van der Waals surface area contributed by atoms with E-state index in [1.807, 2.05) is 13.8 Å². The molecule has 1 aromatic carbocycles. The molecule has 0 saturated carbocycles. The molecule has 0 spiro atoms. The fourth-order valence-electron chi connectivity index (χ4n) is 2.09. The standard InChI is InChI=1S/C14H18ClN3O3/c1-7(2)16-13-8-6-9(19-3)11(20-4)12(21-5)10(8)17-14(15)18-13/h6-7H,1-5H3,(H,16,17,18). The molecule has 1 heterocycles. The highest BCUT2D eigenvalue weighted by Crippen LogP contribution is 2.44. The van der Waals surface area contributed by atoms with Crippen molar-refractivity contribution in [3.63, 3.8) is 0 Å². The Morgan fingerprint density at radius 3 is 2.24 bits per heavy atom. The van der Waals surface area contributed by atoms with E-state index < -0.39 is 0 Å². The summed E-state index contributed by atoms with van der Waals surface area (Å²) >= 11 is 6.02. The number of ether oxygens (including phenoxy) is 3. The first-order valence-electron chi connectivity index (χ1n) is 6.44. The van der Waals surface area contributed by atoms with Crippen LogP contribution < -0.4 is 19.5 Å². The van der Waals surface area contributed by atoms with E-state index in [4.69, 9.17) is 25.8 Å². The van der Waals surface area contributed by atoms with Gasteiger partial charge in [-0.15, -0.1) is 0 Å². The molecule has 0 unspecified atom stereocenters. The molecule has 0 saturated heterocycles. The van der Waals surface area contributed by atoms with Crippen LogP contribution in [0.25, 0.3) is 10.9 Å². The van der Waals surface area contributed by atoms with Gasteiger partial charge < -0.3 is 19.5 Å². The summed E-state index contributed by atoms with van der Waals surface area (Å²) in [5.41, 5.74) is 0.568. The Morgan fingerprint density at radius 2 is 1.71 bits per heavy atom. The first-order chi connectivity index (χ1) is 10.0. The van der Waals surface area contributed by atoms with Crippen molar-refractivity contribution in [1.29, 1.82) is 0 Å². The average molecular weight is 312 g/mol. The molecule has 2 rings (SSSR count). The third-order valence-electron chi connectivity index (χ3n) is 2.89. The molecule has 0 aliphatic rings. The Bertz CT molecular complexity index is 662. The average Bonchev–Trinajstić information content (AvgIpc) is 2.44. The predicted octanol–water partition coefficient (Wildman–Crippen LogP) is 3.13. The summed E-state index contributed by atoms with van der Waals surface area (Å²) in [5.74, 6) is 2.10. The van der Waals surface area contributed by atoms with Gasteiger partial charge in [0.1, 0.15) is 11.3 Å². The highest BCUT2D eigenvalue weighted by molar-refractivity contribution is 6.29. The van der Waals surface area contributed by atoms with Crippen molar-refractivity contribution >= 4 is 28.3 Å². The van der Waals surface area contributed by atoms with Crippen LogP contribution in [0.2, 0.25) is 5.28 Å². The van der Waals surface area contributed by atoms with Crippen molar-refractivity contribution < 1.29 is 14.2 Å². The summed E-state index contributed by atoms with van der Waals surface area (Å²) in [4.78, 5) is 8.49. The van der Waals surface area contributed by atoms with Crippen molar-refractivity contribution in [3.8, 4) is 17.2 Å². The quantitative estimate of drug-likeness (QED) is 0.856. The SMILES string of the molecule is COc1cc2c(NC(C)C)nc(Cl)nc2c(OC)c1OC. The van der Waals surface area contributed by atoms with Crippen LogP contribution >= 0.6 is 11.6 Å². The highest BCUT2D eigenvalue weighted by atomic mass is 35.5. The Kier molecular flexibility index (Phi) is 4.57. The molecule has 0 atom stereocenters. The minimum atomic E-state index is 0.135. The molecule has 0 radical (unpaired) electrons. The van der Waals surface area contributed by atoms with Gasteiger partial charge in [-0.3, -0.25) is 0 Å². The number of nitrogens with zero attached hydrogens (tertiary/aromatic N) is 2. The van der Waals surface area contributed by atoms with Gasteiger partial charge in [-0.05, 0) is 31.5 Å². The van der Waals surface area contributed by atoms with Crippen molar-refractivity contribution in [3.05, 3.63) is 11.3 Å². The summed E-state index contributed by atoms with van der Waals surface area (Å²) in [7, 11) is 4.65. The molecule has 2 aromatic rings. The monoisotopic (exact) mass is 311 g/mol. The maximum atomic E-state index is 6.02. The maximum Gasteiger partial charge on any atom is 0.225 e. The topological polar surface area (TPSA) is 65.5 Å². The lowest BCUT2D eigenvalue weighted by atomic mass is 10.1.